The molecule has 0 unspecified atom stereocenters. The van der Waals surface area contributed by atoms with Crippen LogP contribution in [-0.4, -0.2) is 54.2 Å². The molecule has 0 bridgehead atoms. The van der Waals surface area contributed by atoms with Crippen LogP contribution < -0.4 is 11.2 Å². The molecule has 0 spiro atoms. The molecule has 1 aliphatic rings. The van der Waals surface area contributed by atoms with Gasteiger partial charge in [-0.15, -0.1) is 0 Å². The second kappa shape index (κ2) is 10.5. The fourth-order valence-electron chi connectivity index (χ4n) is 3.86. The lowest BCUT2D eigenvalue weighted by molar-refractivity contribution is -0.134. The minimum Gasteiger partial charge on any atom is -0.391 e. The van der Waals surface area contributed by atoms with E-state index in [0.29, 0.717) is 38.9 Å². The van der Waals surface area contributed by atoms with E-state index in [9.17, 15) is 14.7 Å². The fraction of sp³-hybridized carbons (Fsp3) is 0.619. The van der Waals surface area contributed by atoms with Crippen molar-refractivity contribution in [2.24, 2.45) is 11.8 Å². The van der Waals surface area contributed by atoms with Gasteiger partial charge >= 0.3 is 0 Å². The van der Waals surface area contributed by atoms with E-state index in [1.807, 2.05) is 49.1 Å². The molecule has 0 heterocycles. The van der Waals surface area contributed by atoms with Gasteiger partial charge in [0.2, 0.25) is 11.8 Å². The first-order valence-electron chi connectivity index (χ1n) is 10.1. The largest absolute Gasteiger partial charge is 0.391 e. The molecule has 28 heavy (non-hydrogen) atoms. The lowest BCUT2D eigenvalue weighted by atomic mass is 9.91. The third-order valence-corrected chi connectivity index (χ3v) is 5.60. The van der Waals surface area contributed by atoms with Crippen LogP contribution in [0.1, 0.15) is 45.1 Å². The lowest BCUT2D eigenvalue weighted by Gasteiger charge is -2.26. The molecule has 156 valence electrons. The Morgan fingerprint density at radius 1 is 1.32 bits per heavy atom. The van der Waals surface area contributed by atoms with Crippen molar-refractivity contribution < 1.29 is 19.5 Å². The molecule has 2 amide bonds. The molecule has 7 nitrogen and oxygen atoms in total. The van der Waals surface area contributed by atoms with Gasteiger partial charge in [0.25, 0.3) is 0 Å². The standard InChI is InChI=1S/C21H33N3O4/c1-3-24(4-2)20(27)21(16-9-6-5-7-10-16)13-17(21)14-23-19(26)12-8-11-18(25)15-28-22/h5-7,9-10,17-18,25H,3-4,8,11-15,22H2,1-2H3,(H,23,26)/t17-,18+,21+/m1/s1. The maximum atomic E-state index is 13.2. The predicted octanol–water partition coefficient (Wildman–Crippen LogP) is 1.35. The minimum absolute atomic E-state index is 0.0648. The van der Waals surface area contributed by atoms with Crippen LogP contribution in [0.4, 0.5) is 0 Å². The second-order valence-electron chi connectivity index (χ2n) is 7.40. The van der Waals surface area contributed by atoms with Gasteiger partial charge in [0.15, 0.2) is 0 Å². The molecular weight excluding hydrogens is 358 g/mol. The lowest BCUT2D eigenvalue weighted by Crippen LogP contribution is -2.41. The van der Waals surface area contributed by atoms with Gasteiger partial charge in [-0.1, -0.05) is 30.3 Å². The van der Waals surface area contributed by atoms with Gasteiger partial charge in [0.1, 0.15) is 0 Å². The monoisotopic (exact) mass is 391 g/mol. The minimum atomic E-state index is -0.654. The number of aliphatic hydroxyl groups excluding tert-OH is 1. The number of rotatable bonds is 12. The van der Waals surface area contributed by atoms with Crippen LogP contribution in [0.25, 0.3) is 0 Å². The first kappa shape index (κ1) is 22.3. The smallest absolute Gasteiger partial charge is 0.233 e. The van der Waals surface area contributed by atoms with E-state index in [4.69, 9.17) is 5.90 Å². The fourth-order valence-corrected chi connectivity index (χ4v) is 3.86. The van der Waals surface area contributed by atoms with Gasteiger partial charge in [0.05, 0.1) is 18.1 Å². The number of carbonyl (C=O) groups is 2. The zero-order valence-corrected chi connectivity index (χ0v) is 16.9. The third-order valence-electron chi connectivity index (χ3n) is 5.60. The van der Waals surface area contributed by atoms with Crippen molar-refractivity contribution in [1.29, 1.82) is 0 Å². The Kier molecular flexibility index (Phi) is 8.41. The molecule has 1 aromatic carbocycles. The number of benzene rings is 1. The molecule has 1 saturated carbocycles. The average Bonchev–Trinajstić information content (AvgIpc) is 3.44. The zero-order valence-electron chi connectivity index (χ0n) is 16.9. The summed E-state index contributed by atoms with van der Waals surface area (Å²) in [5.74, 6) is 5.10. The molecular formula is C21H33N3O4. The normalized spacial score (nSPS) is 21.8. The Labute approximate surface area is 167 Å². The number of hydrogen-bond donors (Lipinski definition) is 3. The van der Waals surface area contributed by atoms with Crippen LogP contribution in [0.5, 0.6) is 0 Å². The van der Waals surface area contributed by atoms with Gasteiger partial charge in [-0.2, -0.15) is 0 Å². The number of nitrogens with zero attached hydrogens (tertiary/aromatic N) is 1. The van der Waals surface area contributed by atoms with Gasteiger partial charge in [-0.05, 0) is 44.6 Å². The number of aliphatic hydroxyl groups is 1. The van der Waals surface area contributed by atoms with Gasteiger partial charge in [0, 0.05) is 26.1 Å². The van der Waals surface area contributed by atoms with Crippen LogP contribution in [0.3, 0.4) is 0 Å². The number of hydrogen-bond acceptors (Lipinski definition) is 5. The topological polar surface area (TPSA) is 105 Å². The van der Waals surface area contributed by atoms with Crippen molar-refractivity contribution >= 4 is 11.8 Å². The van der Waals surface area contributed by atoms with E-state index in [2.05, 4.69) is 10.2 Å². The second-order valence-corrected chi connectivity index (χ2v) is 7.40. The van der Waals surface area contributed by atoms with E-state index in [1.54, 1.807) is 0 Å². The number of carbonyl (C=O) groups excluding carboxylic acids is 2. The summed E-state index contributed by atoms with van der Waals surface area (Å²) >= 11 is 0. The van der Waals surface area contributed by atoms with E-state index in [0.717, 1.165) is 12.0 Å². The summed E-state index contributed by atoms with van der Waals surface area (Å²) < 4.78 is 0. The maximum absolute atomic E-state index is 13.2. The molecule has 7 heteroatoms. The Morgan fingerprint density at radius 2 is 2.00 bits per heavy atom. The molecule has 4 N–H and O–H groups in total. The van der Waals surface area contributed by atoms with Crippen LogP contribution in [0.15, 0.2) is 30.3 Å². The summed E-state index contributed by atoms with van der Waals surface area (Å²) in [6.45, 7) is 5.88. The first-order chi connectivity index (χ1) is 13.5. The maximum Gasteiger partial charge on any atom is 0.233 e. The molecule has 3 atom stereocenters. The molecule has 0 aromatic heterocycles. The van der Waals surface area contributed by atoms with Gasteiger partial charge < -0.3 is 20.2 Å². The van der Waals surface area contributed by atoms with Crippen molar-refractivity contribution in [1.82, 2.24) is 10.2 Å². The number of amides is 2. The highest BCUT2D eigenvalue weighted by atomic mass is 16.6. The Hall–Kier alpha value is -1.96. The summed E-state index contributed by atoms with van der Waals surface area (Å²) in [4.78, 5) is 31.6. The molecule has 0 saturated heterocycles. The Morgan fingerprint density at radius 3 is 2.61 bits per heavy atom. The van der Waals surface area contributed by atoms with Crippen molar-refractivity contribution in [3.8, 4) is 0 Å². The zero-order chi connectivity index (χ0) is 20.6. The summed E-state index contributed by atoms with van der Waals surface area (Å²) in [5.41, 5.74) is 0.492. The molecule has 1 aliphatic carbocycles. The Bertz CT molecular complexity index is 636. The summed E-state index contributed by atoms with van der Waals surface area (Å²) in [7, 11) is 0. The number of nitrogens with two attached hydrogens (primary N) is 1. The SMILES string of the molecule is CCN(CC)C(=O)[C@]1(c2ccccc2)C[C@@H]1CNC(=O)CCC[C@H](O)CON. The Balaban J connectivity index is 1.93. The predicted molar refractivity (Wildman–Crippen MR) is 107 cm³/mol. The summed E-state index contributed by atoms with van der Waals surface area (Å²) in [5, 5.41) is 12.5. The third kappa shape index (κ3) is 5.31. The van der Waals surface area contributed by atoms with Gasteiger partial charge in [-0.3, -0.25) is 9.59 Å². The number of nitrogens with one attached hydrogen (secondary N) is 1. The van der Waals surface area contributed by atoms with Crippen LogP contribution >= 0.6 is 0 Å². The summed E-state index contributed by atoms with van der Waals surface area (Å²) in [6, 6.07) is 9.87. The molecule has 0 radical (unpaired) electrons. The van der Waals surface area contributed by atoms with E-state index < -0.39 is 11.5 Å². The van der Waals surface area contributed by atoms with E-state index in [1.165, 1.54) is 0 Å². The molecule has 1 fully saturated rings. The van der Waals surface area contributed by atoms with Crippen LogP contribution in [-0.2, 0) is 19.8 Å². The quantitative estimate of drug-likeness (QED) is 0.467. The molecule has 0 aliphatic heterocycles. The van der Waals surface area contributed by atoms with Crippen LogP contribution in [0.2, 0.25) is 0 Å². The van der Waals surface area contributed by atoms with Crippen LogP contribution in [0, 0.1) is 5.92 Å². The average molecular weight is 392 g/mol. The molecule has 1 aromatic rings. The van der Waals surface area contributed by atoms with Crippen molar-refractivity contribution in [3.63, 3.8) is 0 Å². The van der Waals surface area contributed by atoms with E-state index in [-0.39, 0.29) is 24.3 Å². The van der Waals surface area contributed by atoms with Crippen molar-refractivity contribution in [2.45, 2.75) is 51.0 Å². The summed E-state index contributed by atoms with van der Waals surface area (Å²) in [6.07, 6.45) is 1.44. The van der Waals surface area contributed by atoms with Crippen molar-refractivity contribution in [2.75, 3.05) is 26.2 Å². The van der Waals surface area contributed by atoms with E-state index >= 15 is 0 Å². The highest BCUT2D eigenvalue weighted by Gasteiger charge is 2.61. The van der Waals surface area contributed by atoms with Crippen molar-refractivity contribution in [3.05, 3.63) is 35.9 Å². The highest BCUT2D eigenvalue weighted by molar-refractivity contribution is 5.92. The number of likely N-dealkylation sites (N-methyl/N-ethyl adjacent to an activating group) is 1. The van der Waals surface area contributed by atoms with Gasteiger partial charge in [-0.25, -0.2) is 5.90 Å². The first-order valence-corrected chi connectivity index (χ1v) is 10.1. The highest BCUT2D eigenvalue weighted by Crippen LogP contribution is 2.55. The molecule has 2 rings (SSSR count).